The molecule has 30 heavy (non-hydrogen) atoms. The van der Waals surface area contributed by atoms with Crippen LogP contribution in [0.4, 0.5) is 18.9 Å². The predicted octanol–water partition coefficient (Wildman–Crippen LogP) is 4.34. The minimum Gasteiger partial charge on any atom is -0.326 e. The van der Waals surface area contributed by atoms with Crippen molar-refractivity contribution in [2.75, 3.05) is 18.4 Å². The van der Waals surface area contributed by atoms with Crippen molar-refractivity contribution < 1.29 is 18.0 Å². The molecule has 2 aromatic carbocycles. The van der Waals surface area contributed by atoms with E-state index in [9.17, 15) is 18.0 Å². The average Bonchev–Trinajstić information content (AvgIpc) is 3.30. The first kappa shape index (κ1) is 20.2. The Morgan fingerprint density at radius 3 is 2.60 bits per heavy atom. The number of likely N-dealkylation sites (tertiary alicyclic amines) is 1. The number of benzene rings is 2. The number of halogens is 3. The van der Waals surface area contributed by atoms with Crippen molar-refractivity contribution in [1.82, 2.24) is 15.1 Å². The molecule has 1 aromatic heterocycles. The molecule has 1 aliphatic heterocycles. The molecule has 0 unspecified atom stereocenters. The summed E-state index contributed by atoms with van der Waals surface area (Å²) in [4.78, 5) is 14.5. The van der Waals surface area contributed by atoms with Crippen LogP contribution < -0.4 is 5.32 Å². The second-order valence-corrected chi connectivity index (χ2v) is 7.43. The normalized spacial score (nSPS) is 17.1. The minimum atomic E-state index is -1.17. The van der Waals surface area contributed by atoms with E-state index >= 15 is 0 Å². The van der Waals surface area contributed by atoms with E-state index in [0.29, 0.717) is 25.2 Å². The number of nitrogens with zero attached hydrogens (tertiary/aromatic N) is 2. The van der Waals surface area contributed by atoms with Crippen LogP contribution in [0.5, 0.6) is 0 Å². The van der Waals surface area contributed by atoms with Crippen LogP contribution in [0, 0.1) is 23.4 Å². The SMILES string of the molecule is O=C(Nc1ccc(-c2ccn[nH]2)cc1)[C@@H]1CCCN(Cc2c(F)ccc(F)c2F)C1. The van der Waals surface area contributed by atoms with E-state index in [4.69, 9.17) is 0 Å². The molecule has 1 amide bonds. The van der Waals surface area contributed by atoms with Gasteiger partial charge in [0.2, 0.25) is 5.91 Å². The summed E-state index contributed by atoms with van der Waals surface area (Å²) in [7, 11) is 0. The van der Waals surface area contributed by atoms with Gasteiger partial charge in [-0.2, -0.15) is 5.10 Å². The highest BCUT2D eigenvalue weighted by Gasteiger charge is 2.27. The molecule has 2 heterocycles. The van der Waals surface area contributed by atoms with Crippen molar-refractivity contribution in [2.45, 2.75) is 19.4 Å². The van der Waals surface area contributed by atoms with E-state index in [0.717, 1.165) is 29.8 Å². The van der Waals surface area contributed by atoms with Crippen LogP contribution in [0.2, 0.25) is 0 Å². The lowest BCUT2D eigenvalue weighted by Crippen LogP contribution is -2.40. The zero-order valence-corrected chi connectivity index (χ0v) is 16.2. The van der Waals surface area contributed by atoms with E-state index in [-0.39, 0.29) is 23.9 Å². The predicted molar refractivity (Wildman–Crippen MR) is 107 cm³/mol. The molecule has 4 rings (SSSR count). The lowest BCUT2D eigenvalue weighted by molar-refractivity contribution is -0.121. The molecular formula is C22H21F3N4O. The lowest BCUT2D eigenvalue weighted by Gasteiger charge is -2.32. The number of hydrogen-bond acceptors (Lipinski definition) is 3. The molecule has 1 saturated heterocycles. The third kappa shape index (κ3) is 4.38. The van der Waals surface area contributed by atoms with Gasteiger partial charge in [0.15, 0.2) is 11.6 Å². The van der Waals surface area contributed by atoms with E-state index < -0.39 is 17.5 Å². The van der Waals surface area contributed by atoms with Gasteiger partial charge in [-0.15, -0.1) is 0 Å². The Kier molecular flexibility index (Phi) is 5.85. The van der Waals surface area contributed by atoms with Crippen LogP contribution in [0.15, 0.2) is 48.7 Å². The first-order valence-electron chi connectivity index (χ1n) is 9.76. The number of aromatic amines is 1. The van der Waals surface area contributed by atoms with Gasteiger partial charge < -0.3 is 5.32 Å². The Hall–Kier alpha value is -3.13. The molecule has 2 N–H and O–H groups in total. The largest absolute Gasteiger partial charge is 0.326 e. The molecule has 0 bridgehead atoms. The summed E-state index contributed by atoms with van der Waals surface area (Å²) in [5.74, 6) is -3.48. The van der Waals surface area contributed by atoms with Crippen LogP contribution in [-0.4, -0.2) is 34.1 Å². The van der Waals surface area contributed by atoms with Crippen molar-refractivity contribution >= 4 is 11.6 Å². The molecule has 0 aliphatic carbocycles. The Labute approximate surface area is 171 Å². The number of piperidine rings is 1. The standard InChI is InChI=1S/C22H21F3N4O/c23-18-7-8-19(24)21(25)17(18)13-29-11-1-2-15(12-29)22(30)27-16-5-3-14(4-6-16)20-9-10-26-28-20/h3-10,15H,1-2,11-13H2,(H,26,28)(H,27,30)/t15-/m1/s1. The summed E-state index contributed by atoms with van der Waals surface area (Å²) in [6, 6.07) is 10.9. The first-order valence-corrected chi connectivity index (χ1v) is 9.76. The van der Waals surface area contributed by atoms with Gasteiger partial charge in [0, 0.05) is 30.5 Å². The van der Waals surface area contributed by atoms with Crippen LogP contribution in [0.1, 0.15) is 18.4 Å². The lowest BCUT2D eigenvalue weighted by atomic mass is 9.96. The van der Waals surface area contributed by atoms with E-state index in [2.05, 4.69) is 15.5 Å². The zero-order valence-electron chi connectivity index (χ0n) is 16.2. The molecular weight excluding hydrogens is 393 g/mol. The number of carbonyl (C=O) groups is 1. The van der Waals surface area contributed by atoms with E-state index in [1.54, 1.807) is 11.1 Å². The number of nitrogens with one attached hydrogen (secondary N) is 2. The third-order valence-electron chi connectivity index (χ3n) is 5.36. The number of carbonyl (C=O) groups excluding carboxylic acids is 1. The summed E-state index contributed by atoms with van der Waals surface area (Å²) in [6.45, 7) is 0.879. The number of aromatic nitrogens is 2. The van der Waals surface area contributed by atoms with E-state index in [1.807, 2.05) is 30.3 Å². The molecule has 156 valence electrons. The van der Waals surface area contributed by atoms with Crippen LogP contribution in [0.25, 0.3) is 11.3 Å². The average molecular weight is 414 g/mol. The van der Waals surface area contributed by atoms with Gasteiger partial charge in [0.1, 0.15) is 5.82 Å². The number of rotatable bonds is 5. The molecule has 0 spiro atoms. The van der Waals surface area contributed by atoms with Crippen LogP contribution in [-0.2, 0) is 11.3 Å². The molecule has 5 nitrogen and oxygen atoms in total. The van der Waals surface area contributed by atoms with Crippen molar-refractivity contribution in [1.29, 1.82) is 0 Å². The summed E-state index contributed by atoms with van der Waals surface area (Å²) in [5.41, 5.74) is 2.20. The Balaban J connectivity index is 1.38. The van der Waals surface area contributed by atoms with Gasteiger partial charge >= 0.3 is 0 Å². The highest BCUT2D eigenvalue weighted by atomic mass is 19.2. The maximum Gasteiger partial charge on any atom is 0.228 e. The molecule has 1 fully saturated rings. The summed E-state index contributed by atoms with van der Waals surface area (Å²) >= 11 is 0. The number of anilines is 1. The molecule has 1 atom stereocenters. The fourth-order valence-electron chi connectivity index (χ4n) is 3.74. The van der Waals surface area contributed by atoms with Crippen molar-refractivity contribution in [2.24, 2.45) is 5.92 Å². The van der Waals surface area contributed by atoms with Gasteiger partial charge in [-0.25, -0.2) is 13.2 Å². The van der Waals surface area contributed by atoms with Gasteiger partial charge in [-0.05, 0) is 55.3 Å². The van der Waals surface area contributed by atoms with Crippen molar-refractivity contribution in [3.63, 3.8) is 0 Å². The van der Waals surface area contributed by atoms with Crippen LogP contribution >= 0.6 is 0 Å². The summed E-state index contributed by atoms with van der Waals surface area (Å²) in [6.07, 6.45) is 3.07. The van der Waals surface area contributed by atoms with Crippen molar-refractivity contribution in [3.05, 3.63) is 71.7 Å². The second-order valence-electron chi connectivity index (χ2n) is 7.43. The zero-order chi connectivity index (χ0) is 21.1. The summed E-state index contributed by atoms with van der Waals surface area (Å²) < 4.78 is 41.4. The molecule has 3 aromatic rings. The topological polar surface area (TPSA) is 61.0 Å². The van der Waals surface area contributed by atoms with Gasteiger partial charge in [0.05, 0.1) is 11.6 Å². The highest BCUT2D eigenvalue weighted by molar-refractivity contribution is 5.93. The quantitative estimate of drug-likeness (QED) is 0.611. The number of amides is 1. The number of H-pyrrole nitrogens is 1. The Morgan fingerprint density at radius 1 is 1.10 bits per heavy atom. The Bertz CT molecular complexity index is 1020. The molecule has 0 saturated carbocycles. The van der Waals surface area contributed by atoms with Crippen LogP contribution in [0.3, 0.4) is 0 Å². The molecule has 0 radical (unpaired) electrons. The molecule has 1 aliphatic rings. The smallest absolute Gasteiger partial charge is 0.228 e. The van der Waals surface area contributed by atoms with Gasteiger partial charge in [-0.3, -0.25) is 14.8 Å². The Morgan fingerprint density at radius 2 is 1.87 bits per heavy atom. The van der Waals surface area contributed by atoms with Gasteiger partial charge in [0.25, 0.3) is 0 Å². The third-order valence-corrected chi connectivity index (χ3v) is 5.36. The van der Waals surface area contributed by atoms with E-state index in [1.165, 1.54) is 0 Å². The monoisotopic (exact) mass is 414 g/mol. The first-order chi connectivity index (χ1) is 14.5. The highest BCUT2D eigenvalue weighted by Crippen LogP contribution is 2.24. The fourth-order valence-corrected chi connectivity index (χ4v) is 3.74. The molecule has 8 heteroatoms. The maximum atomic E-state index is 14.0. The fraction of sp³-hybridized carbons (Fsp3) is 0.273. The maximum absolute atomic E-state index is 14.0. The minimum absolute atomic E-state index is 0.0713. The second kappa shape index (κ2) is 8.71. The number of hydrogen-bond donors (Lipinski definition) is 2. The van der Waals surface area contributed by atoms with Gasteiger partial charge in [-0.1, -0.05) is 12.1 Å². The van der Waals surface area contributed by atoms with Crippen molar-refractivity contribution in [3.8, 4) is 11.3 Å². The summed E-state index contributed by atoms with van der Waals surface area (Å²) in [5, 5.41) is 9.70.